The summed E-state index contributed by atoms with van der Waals surface area (Å²) in [6.07, 6.45) is 42.8. The lowest BCUT2D eigenvalue weighted by Gasteiger charge is -2.51. The molecule has 0 aromatic rings. The molecule has 6 fully saturated rings. The van der Waals surface area contributed by atoms with Gasteiger partial charge in [0.15, 0.2) is 0 Å². The molecule has 1 N–H and O–H groups in total. The van der Waals surface area contributed by atoms with E-state index in [4.69, 9.17) is 0 Å². The van der Waals surface area contributed by atoms with E-state index in [1.807, 2.05) is 5.57 Å². The van der Waals surface area contributed by atoms with Crippen molar-refractivity contribution in [1.29, 1.82) is 0 Å². The smallest absolute Gasteiger partial charge is 0.00174 e. The summed E-state index contributed by atoms with van der Waals surface area (Å²) in [7, 11) is 0. The van der Waals surface area contributed by atoms with Gasteiger partial charge in [0.1, 0.15) is 0 Å². The summed E-state index contributed by atoms with van der Waals surface area (Å²) in [5.41, 5.74) is 1.91. The predicted octanol–water partition coefficient (Wildman–Crippen LogP) is 12.2. The Kier molecular flexibility index (Phi) is 11.6. The lowest BCUT2D eigenvalue weighted by atomic mass is 9.54. The maximum absolute atomic E-state index is 3.62. The van der Waals surface area contributed by atoms with E-state index in [-0.39, 0.29) is 0 Å². The van der Waals surface area contributed by atoms with Crippen LogP contribution in [0, 0.1) is 76.9 Å². The summed E-state index contributed by atoms with van der Waals surface area (Å²) in [5.74, 6) is 13.2. The quantitative estimate of drug-likeness (QED) is 0.254. The van der Waals surface area contributed by atoms with E-state index in [1.165, 1.54) is 77.3 Å². The van der Waals surface area contributed by atoms with E-state index in [0.29, 0.717) is 0 Å². The van der Waals surface area contributed by atoms with Gasteiger partial charge in [-0.15, -0.1) is 0 Å². The molecule has 0 aromatic carbocycles. The van der Waals surface area contributed by atoms with E-state index in [1.54, 1.807) is 83.5 Å². The predicted molar refractivity (Wildman–Crippen MR) is 193 cm³/mol. The molecule has 9 atom stereocenters. The van der Waals surface area contributed by atoms with Crippen molar-refractivity contribution < 1.29 is 0 Å². The number of rotatable bonds is 9. The molecule has 1 aliphatic heterocycles. The van der Waals surface area contributed by atoms with Crippen molar-refractivity contribution in [3.63, 3.8) is 0 Å². The van der Waals surface area contributed by atoms with Crippen LogP contribution >= 0.6 is 0 Å². The second kappa shape index (κ2) is 15.8. The van der Waals surface area contributed by atoms with Crippen LogP contribution in [0.1, 0.15) is 162 Å². The second-order valence-corrected chi connectivity index (χ2v) is 18.3. The topological polar surface area (TPSA) is 12.0 Å². The van der Waals surface area contributed by atoms with E-state index >= 15 is 0 Å². The third kappa shape index (κ3) is 7.70. The maximum Gasteiger partial charge on any atom is -0.00174 e. The zero-order valence-electron chi connectivity index (χ0n) is 29.9. The molecule has 8 unspecified atom stereocenters. The summed E-state index contributed by atoms with van der Waals surface area (Å²) in [5, 5.41) is 3.62. The number of allylic oxidation sites excluding steroid dienone is 4. The summed E-state index contributed by atoms with van der Waals surface area (Å²) >= 11 is 0. The first-order valence-corrected chi connectivity index (χ1v) is 21.2. The highest BCUT2D eigenvalue weighted by Gasteiger charge is 2.45. The Hall–Kier alpha value is -0.560. The summed E-state index contributed by atoms with van der Waals surface area (Å²) in [6, 6.07) is 0. The summed E-state index contributed by atoms with van der Waals surface area (Å²) in [4.78, 5) is 0. The van der Waals surface area contributed by atoms with E-state index in [9.17, 15) is 0 Å². The van der Waals surface area contributed by atoms with E-state index in [2.05, 4.69) is 37.4 Å². The molecule has 0 radical (unpaired) electrons. The van der Waals surface area contributed by atoms with Crippen LogP contribution in [-0.2, 0) is 0 Å². The Labute approximate surface area is 280 Å². The van der Waals surface area contributed by atoms with Crippen molar-refractivity contribution in [2.24, 2.45) is 76.9 Å². The van der Waals surface area contributed by atoms with Gasteiger partial charge in [-0.05, 0) is 218 Å². The minimum atomic E-state index is 0.852. The molecule has 1 heterocycles. The van der Waals surface area contributed by atoms with Crippen LogP contribution in [0.4, 0.5) is 0 Å². The zero-order valence-corrected chi connectivity index (χ0v) is 29.9. The Bertz CT molecular complexity index is 955. The Morgan fingerprint density at radius 1 is 0.689 bits per heavy atom. The molecule has 254 valence electrons. The summed E-state index contributed by atoms with van der Waals surface area (Å²) < 4.78 is 0. The lowest BCUT2D eigenvalue weighted by molar-refractivity contribution is 0.00939. The van der Waals surface area contributed by atoms with Crippen LogP contribution < -0.4 is 5.32 Å². The van der Waals surface area contributed by atoms with Crippen molar-refractivity contribution in [3.05, 3.63) is 23.8 Å². The molecule has 5 saturated carbocycles. The first-order valence-electron chi connectivity index (χ1n) is 21.2. The fraction of sp³-hybridized carbons (Fsp3) is 0.909. The maximum atomic E-state index is 3.62. The summed E-state index contributed by atoms with van der Waals surface area (Å²) in [6.45, 7) is 7.49. The number of hydrogen-bond donors (Lipinski definition) is 1. The van der Waals surface area contributed by atoms with Crippen LogP contribution in [0.2, 0.25) is 0 Å². The third-order valence-electron chi connectivity index (χ3n) is 16.2. The number of fused-ring (bicyclic) bond motifs is 2. The van der Waals surface area contributed by atoms with Crippen molar-refractivity contribution in [3.8, 4) is 0 Å². The highest BCUT2D eigenvalue weighted by molar-refractivity contribution is 5.13. The average molecular weight is 616 g/mol. The van der Waals surface area contributed by atoms with Gasteiger partial charge in [0.05, 0.1) is 0 Å². The van der Waals surface area contributed by atoms with E-state index < -0.39 is 0 Å². The fourth-order valence-corrected chi connectivity index (χ4v) is 13.5. The minimum absolute atomic E-state index is 0.852. The van der Waals surface area contributed by atoms with Crippen molar-refractivity contribution in [2.45, 2.75) is 162 Å². The highest BCUT2D eigenvalue weighted by Crippen LogP contribution is 2.55. The highest BCUT2D eigenvalue weighted by atomic mass is 14.9. The molecule has 1 saturated heterocycles. The molecular formula is C44H73N. The van der Waals surface area contributed by atoms with Gasteiger partial charge in [-0.25, -0.2) is 0 Å². The Morgan fingerprint density at radius 2 is 1.38 bits per heavy atom. The van der Waals surface area contributed by atoms with Crippen LogP contribution in [0.25, 0.3) is 0 Å². The minimum Gasteiger partial charge on any atom is -0.316 e. The normalized spacial score (nSPS) is 45.1. The number of nitrogens with one attached hydrogen (secondary N) is 1. The third-order valence-corrected chi connectivity index (χ3v) is 16.2. The zero-order chi connectivity index (χ0) is 30.6. The fourth-order valence-electron chi connectivity index (χ4n) is 13.5. The molecule has 0 spiro atoms. The van der Waals surface area contributed by atoms with Crippen LogP contribution in [0.5, 0.6) is 0 Å². The van der Waals surface area contributed by atoms with Crippen LogP contribution in [0.15, 0.2) is 23.8 Å². The second-order valence-electron chi connectivity index (χ2n) is 18.3. The molecule has 1 heteroatoms. The van der Waals surface area contributed by atoms with Crippen LogP contribution in [0.3, 0.4) is 0 Å². The molecule has 0 bridgehead atoms. The van der Waals surface area contributed by atoms with Gasteiger partial charge in [-0.1, -0.05) is 56.9 Å². The first kappa shape index (κ1) is 33.0. The lowest BCUT2D eigenvalue weighted by Crippen LogP contribution is -2.42. The molecule has 7 aliphatic rings. The standard InChI is InChI=1S/C44H73N/c1-3-8-36(14-13-31(2)40-27-28-45-30-40)41-25-26-42(44-12-7-6-11-43(41)44)37-22-19-34(20-23-37)33-15-17-35(18-16-33)39-24-21-32-9-4-5-10-38(32)29-39/h4,9,14,31-35,37-45H,3,5-8,10-13,15-30H2,1-2H3/b36-14+/t31-,32?,33?,34?,35?,37?,38?,39?,40?,41?,42?,43?,44?/m1/s1. The van der Waals surface area contributed by atoms with Crippen molar-refractivity contribution in [1.82, 2.24) is 5.32 Å². The van der Waals surface area contributed by atoms with Gasteiger partial charge in [0.25, 0.3) is 0 Å². The van der Waals surface area contributed by atoms with E-state index in [0.717, 1.165) is 76.9 Å². The molecule has 0 aromatic heterocycles. The molecule has 1 nitrogen and oxygen atoms in total. The van der Waals surface area contributed by atoms with Gasteiger partial charge in [0.2, 0.25) is 0 Å². The van der Waals surface area contributed by atoms with Crippen molar-refractivity contribution >= 4 is 0 Å². The SMILES string of the molecule is CCC/C(=C\C[C@@H](C)C1CCNC1)C1CCC(C2CCC(C3CCC(C4CCC5C=CCCC5C4)CC3)CC2)C2CCCCC12. The Morgan fingerprint density at radius 3 is 2.09 bits per heavy atom. The van der Waals surface area contributed by atoms with Gasteiger partial charge in [0, 0.05) is 0 Å². The molecule has 0 amide bonds. The van der Waals surface area contributed by atoms with Gasteiger partial charge in [-0.3, -0.25) is 0 Å². The van der Waals surface area contributed by atoms with Crippen LogP contribution in [-0.4, -0.2) is 13.1 Å². The molecule has 6 aliphatic carbocycles. The molecular weight excluding hydrogens is 542 g/mol. The molecule has 7 rings (SSSR count). The van der Waals surface area contributed by atoms with Gasteiger partial charge in [-0.2, -0.15) is 0 Å². The number of hydrogen-bond acceptors (Lipinski definition) is 1. The molecule has 45 heavy (non-hydrogen) atoms. The van der Waals surface area contributed by atoms with Crippen molar-refractivity contribution in [2.75, 3.05) is 13.1 Å². The van der Waals surface area contributed by atoms with Gasteiger partial charge >= 0.3 is 0 Å². The largest absolute Gasteiger partial charge is 0.316 e. The Balaban J connectivity index is 0.900. The first-order chi connectivity index (χ1) is 22.2. The van der Waals surface area contributed by atoms with Gasteiger partial charge < -0.3 is 5.32 Å². The monoisotopic (exact) mass is 616 g/mol. The average Bonchev–Trinajstić information content (AvgIpc) is 3.65.